The van der Waals surface area contributed by atoms with Crippen LogP contribution in [0.3, 0.4) is 0 Å². The quantitative estimate of drug-likeness (QED) is 0.516. The lowest BCUT2D eigenvalue weighted by Crippen LogP contribution is -2.05. The van der Waals surface area contributed by atoms with E-state index in [2.05, 4.69) is 20.4 Å². The summed E-state index contributed by atoms with van der Waals surface area (Å²) in [5.41, 5.74) is 2.58. The fourth-order valence-electron chi connectivity index (χ4n) is 3.15. The summed E-state index contributed by atoms with van der Waals surface area (Å²) in [4.78, 5) is 8.79. The van der Waals surface area contributed by atoms with Gasteiger partial charge in [-0.15, -0.1) is 0 Å². The number of nitrogens with zero attached hydrogens (tertiary/aromatic N) is 4. The van der Waals surface area contributed by atoms with Gasteiger partial charge in [-0.25, -0.2) is 14.6 Å². The highest BCUT2D eigenvalue weighted by atomic mass is 16.5. The van der Waals surface area contributed by atoms with Crippen LogP contribution >= 0.6 is 0 Å². The second-order valence-electron chi connectivity index (χ2n) is 6.22. The van der Waals surface area contributed by atoms with Gasteiger partial charge in [0.1, 0.15) is 17.9 Å². The van der Waals surface area contributed by atoms with E-state index in [0.717, 1.165) is 22.3 Å². The number of methoxy groups -OCH3 is 3. The Balaban J connectivity index is 1.65. The van der Waals surface area contributed by atoms with Gasteiger partial charge in [0, 0.05) is 18.2 Å². The van der Waals surface area contributed by atoms with E-state index in [9.17, 15) is 0 Å². The highest BCUT2D eigenvalue weighted by Crippen LogP contribution is 2.35. The van der Waals surface area contributed by atoms with Crippen LogP contribution in [0.1, 0.15) is 5.56 Å². The van der Waals surface area contributed by atoms with E-state index < -0.39 is 0 Å². The molecule has 8 heteroatoms. The van der Waals surface area contributed by atoms with Crippen molar-refractivity contribution in [3.63, 3.8) is 0 Å². The fraction of sp³-hybridized carbons (Fsp3) is 0.190. The van der Waals surface area contributed by atoms with Crippen molar-refractivity contribution in [1.29, 1.82) is 0 Å². The standard InChI is InChI=1S/C21H21N5O3/c1-27-17-10-19(29-3)18(28-2)9-14(17)11-22-20-16-12-25-26(21(16)24-13-23-20)15-7-5-4-6-8-15/h4-10,12-13H,11H2,1-3H3,(H,22,23,24). The van der Waals surface area contributed by atoms with Crippen molar-refractivity contribution < 1.29 is 14.2 Å². The van der Waals surface area contributed by atoms with E-state index in [1.54, 1.807) is 38.3 Å². The van der Waals surface area contributed by atoms with Crippen LogP contribution in [0.4, 0.5) is 5.82 Å². The van der Waals surface area contributed by atoms with Crippen molar-refractivity contribution in [3.8, 4) is 22.9 Å². The molecule has 2 heterocycles. The van der Waals surface area contributed by atoms with Crippen LogP contribution in [0.2, 0.25) is 0 Å². The van der Waals surface area contributed by atoms with Crippen molar-refractivity contribution in [1.82, 2.24) is 19.7 Å². The highest BCUT2D eigenvalue weighted by Gasteiger charge is 2.14. The van der Waals surface area contributed by atoms with Gasteiger partial charge in [-0.1, -0.05) is 18.2 Å². The van der Waals surface area contributed by atoms with Crippen molar-refractivity contribution in [2.24, 2.45) is 0 Å². The van der Waals surface area contributed by atoms with Crippen LogP contribution in [-0.4, -0.2) is 41.1 Å². The average molecular weight is 391 g/mol. The smallest absolute Gasteiger partial charge is 0.168 e. The minimum atomic E-state index is 0.478. The molecule has 0 bridgehead atoms. The number of fused-ring (bicyclic) bond motifs is 1. The summed E-state index contributed by atoms with van der Waals surface area (Å²) >= 11 is 0. The predicted molar refractivity (Wildman–Crippen MR) is 110 cm³/mol. The molecule has 0 spiro atoms. The maximum absolute atomic E-state index is 5.50. The Kier molecular flexibility index (Phi) is 5.15. The maximum atomic E-state index is 5.50. The lowest BCUT2D eigenvalue weighted by Gasteiger charge is -2.15. The van der Waals surface area contributed by atoms with Gasteiger partial charge in [0.15, 0.2) is 17.1 Å². The Bertz CT molecular complexity index is 1130. The molecule has 148 valence electrons. The molecule has 1 N–H and O–H groups in total. The molecule has 4 rings (SSSR count). The molecule has 2 aromatic heterocycles. The van der Waals surface area contributed by atoms with Crippen molar-refractivity contribution >= 4 is 16.9 Å². The number of benzene rings is 2. The SMILES string of the molecule is COc1cc(OC)c(OC)cc1CNc1ncnc2c1cnn2-c1ccccc1. The summed E-state index contributed by atoms with van der Waals surface area (Å²) in [6.45, 7) is 0.478. The van der Waals surface area contributed by atoms with Gasteiger partial charge in [-0.3, -0.25) is 0 Å². The normalized spacial score (nSPS) is 10.7. The van der Waals surface area contributed by atoms with Crippen LogP contribution in [0.5, 0.6) is 17.2 Å². The van der Waals surface area contributed by atoms with Gasteiger partial charge in [0.2, 0.25) is 0 Å². The third-order valence-corrected chi connectivity index (χ3v) is 4.60. The Morgan fingerprint density at radius 3 is 2.34 bits per heavy atom. The Morgan fingerprint density at radius 2 is 1.62 bits per heavy atom. The molecule has 0 aliphatic rings. The van der Waals surface area contributed by atoms with Gasteiger partial charge in [0.05, 0.1) is 38.6 Å². The van der Waals surface area contributed by atoms with E-state index in [-0.39, 0.29) is 0 Å². The monoisotopic (exact) mass is 391 g/mol. The third-order valence-electron chi connectivity index (χ3n) is 4.60. The lowest BCUT2D eigenvalue weighted by molar-refractivity contribution is 0.347. The van der Waals surface area contributed by atoms with Crippen molar-refractivity contribution in [3.05, 3.63) is 60.6 Å². The second kappa shape index (κ2) is 8.05. The first kappa shape index (κ1) is 18.5. The van der Waals surface area contributed by atoms with Crippen LogP contribution < -0.4 is 19.5 Å². The molecule has 2 aromatic carbocycles. The number of rotatable bonds is 7. The Hall–Kier alpha value is -3.81. The molecule has 0 fully saturated rings. The van der Waals surface area contributed by atoms with Gasteiger partial charge >= 0.3 is 0 Å². The summed E-state index contributed by atoms with van der Waals surface area (Å²) in [5, 5.41) is 8.66. The lowest BCUT2D eigenvalue weighted by atomic mass is 10.1. The van der Waals surface area contributed by atoms with E-state index in [0.29, 0.717) is 29.6 Å². The van der Waals surface area contributed by atoms with Crippen molar-refractivity contribution in [2.75, 3.05) is 26.6 Å². The molecule has 8 nitrogen and oxygen atoms in total. The second-order valence-corrected chi connectivity index (χ2v) is 6.22. The molecule has 0 saturated heterocycles. The van der Waals surface area contributed by atoms with Gasteiger partial charge < -0.3 is 19.5 Å². The molecule has 0 radical (unpaired) electrons. The minimum Gasteiger partial charge on any atom is -0.496 e. The van der Waals surface area contributed by atoms with Crippen LogP contribution in [-0.2, 0) is 6.54 Å². The summed E-state index contributed by atoms with van der Waals surface area (Å²) in [5.74, 6) is 2.63. The zero-order chi connectivity index (χ0) is 20.2. The molecular formula is C21H21N5O3. The summed E-state index contributed by atoms with van der Waals surface area (Å²) in [6, 6.07) is 13.5. The molecule has 0 atom stereocenters. The zero-order valence-corrected chi connectivity index (χ0v) is 16.4. The number of nitrogens with one attached hydrogen (secondary N) is 1. The molecule has 0 aliphatic carbocycles. The van der Waals surface area contributed by atoms with Gasteiger partial charge in [-0.05, 0) is 18.2 Å². The van der Waals surface area contributed by atoms with E-state index in [1.165, 1.54) is 6.33 Å². The minimum absolute atomic E-state index is 0.478. The topological polar surface area (TPSA) is 83.3 Å². The van der Waals surface area contributed by atoms with Gasteiger partial charge in [0.25, 0.3) is 0 Å². The van der Waals surface area contributed by atoms with E-state index in [4.69, 9.17) is 14.2 Å². The van der Waals surface area contributed by atoms with Crippen LogP contribution in [0, 0.1) is 0 Å². The summed E-state index contributed by atoms with van der Waals surface area (Å²) in [7, 11) is 4.82. The largest absolute Gasteiger partial charge is 0.496 e. The summed E-state index contributed by atoms with van der Waals surface area (Å²) < 4.78 is 18.0. The number of hydrogen-bond donors (Lipinski definition) is 1. The average Bonchev–Trinajstić information content (AvgIpc) is 3.22. The number of aromatic nitrogens is 4. The van der Waals surface area contributed by atoms with Crippen molar-refractivity contribution in [2.45, 2.75) is 6.54 Å². The zero-order valence-electron chi connectivity index (χ0n) is 16.4. The first-order chi connectivity index (χ1) is 14.2. The van der Waals surface area contributed by atoms with Crippen LogP contribution in [0.25, 0.3) is 16.7 Å². The third kappa shape index (κ3) is 3.52. The molecule has 0 unspecified atom stereocenters. The van der Waals surface area contributed by atoms with E-state index in [1.807, 2.05) is 36.4 Å². The van der Waals surface area contributed by atoms with Crippen LogP contribution in [0.15, 0.2) is 55.0 Å². The maximum Gasteiger partial charge on any atom is 0.168 e. The first-order valence-electron chi connectivity index (χ1n) is 9.02. The fourth-order valence-corrected chi connectivity index (χ4v) is 3.15. The predicted octanol–water partition coefficient (Wildman–Crippen LogP) is 3.45. The van der Waals surface area contributed by atoms with Gasteiger partial charge in [-0.2, -0.15) is 5.10 Å². The Labute approximate surface area is 168 Å². The molecule has 4 aromatic rings. The first-order valence-corrected chi connectivity index (χ1v) is 9.02. The number of ether oxygens (including phenoxy) is 3. The highest BCUT2D eigenvalue weighted by molar-refractivity contribution is 5.87. The molecule has 0 saturated carbocycles. The molecule has 0 aliphatic heterocycles. The molecule has 0 amide bonds. The summed E-state index contributed by atoms with van der Waals surface area (Å²) in [6.07, 6.45) is 3.29. The molecular weight excluding hydrogens is 370 g/mol. The van der Waals surface area contributed by atoms with E-state index >= 15 is 0 Å². The Morgan fingerprint density at radius 1 is 0.897 bits per heavy atom. The molecule has 29 heavy (non-hydrogen) atoms. The number of anilines is 1. The number of para-hydroxylation sites is 1. The number of hydrogen-bond acceptors (Lipinski definition) is 7.